The van der Waals surface area contributed by atoms with Gasteiger partial charge in [0.15, 0.2) is 0 Å². The van der Waals surface area contributed by atoms with Crippen LogP contribution >= 0.6 is 0 Å². The summed E-state index contributed by atoms with van der Waals surface area (Å²) in [6, 6.07) is 10.2. The molecule has 0 aliphatic rings. The first-order valence-corrected chi connectivity index (χ1v) is 7.88. The van der Waals surface area contributed by atoms with Crippen LogP contribution in [0.5, 0.6) is 0 Å². The summed E-state index contributed by atoms with van der Waals surface area (Å²) in [5, 5.41) is 18.0. The Hall–Kier alpha value is -1.65. The van der Waals surface area contributed by atoms with Crippen LogP contribution in [0.2, 0.25) is 0 Å². The fourth-order valence-electron chi connectivity index (χ4n) is 2.77. The van der Waals surface area contributed by atoms with Crippen molar-refractivity contribution in [1.29, 1.82) is 0 Å². The van der Waals surface area contributed by atoms with Gasteiger partial charge in [-0.3, -0.25) is 0 Å². The van der Waals surface area contributed by atoms with Crippen molar-refractivity contribution in [2.45, 2.75) is 40.3 Å². The van der Waals surface area contributed by atoms with Crippen LogP contribution in [0.4, 0.5) is 0 Å². The van der Waals surface area contributed by atoms with Gasteiger partial charge in [-0.1, -0.05) is 39.8 Å². The lowest BCUT2D eigenvalue weighted by atomic mass is 9.80. The van der Waals surface area contributed by atoms with Crippen molar-refractivity contribution in [3.05, 3.63) is 48.3 Å². The Bertz CT molecular complexity index is 576. The van der Waals surface area contributed by atoms with Crippen LogP contribution in [0.25, 0.3) is 5.69 Å². The Kier molecular flexibility index (Phi) is 5.37. The number of aliphatic hydroxyl groups excluding tert-OH is 1. The van der Waals surface area contributed by atoms with Gasteiger partial charge in [0.25, 0.3) is 0 Å². The minimum Gasteiger partial charge on any atom is -0.392 e. The van der Waals surface area contributed by atoms with Crippen molar-refractivity contribution in [2.24, 2.45) is 11.3 Å². The maximum atomic E-state index is 10.3. The quantitative estimate of drug-likeness (QED) is 0.826. The molecular formula is C18H27N3O. The molecular weight excluding hydrogens is 274 g/mol. The Labute approximate surface area is 133 Å². The molecule has 0 saturated carbocycles. The molecule has 1 heterocycles. The SMILES string of the molecule is CC(C)C(O)C(C)(C)CNCc1cccc(-n2cccn2)c1. The number of benzene rings is 1. The lowest BCUT2D eigenvalue weighted by molar-refractivity contribution is 0.0134. The van der Waals surface area contributed by atoms with E-state index in [1.165, 1.54) is 5.56 Å². The van der Waals surface area contributed by atoms with E-state index >= 15 is 0 Å². The molecule has 0 radical (unpaired) electrons. The maximum Gasteiger partial charge on any atom is 0.0648 e. The second-order valence-corrected chi connectivity index (χ2v) is 6.90. The second-order valence-electron chi connectivity index (χ2n) is 6.90. The highest BCUT2D eigenvalue weighted by molar-refractivity contribution is 5.34. The van der Waals surface area contributed by atoms with Gasteiger partial charge < -0.3 is 10.4 Å². The van der Waals surface area contributed by atoms with E-state index in [0.717, 1.165) is 18.8 Å². The van der Waals surface area contributed by atoms with Crippen LogP contribution in [0.1, 0.15) is 33.3 Å². The summed E-state index contributed by atoms with van der Waals surface area (Å²) in [7, 11) is 0. The highest BCUT2D eigenvalue weighted by atomic mass is 16.3. The van der Waals surface area contributed by atoms with E-state index in [0.29, 0.717) is 0 Å². The molecule has 2 aromatic rings. The fourth-order valence-corrected chi connectivity index (χ4v) is 2.77. The predicted octanol–water partition coefficient (Wildman–Crippen LogP) is 3.01. The molecule has 2 N–H and O–H groups in total. The molecule has 0 aliphatic carbocycles. The van der Waals surface area contributed by atoms with Gasteiger partial charge in [-0.05, 0) is 29.7 Å². The summed E-state index contributed by atoms with van der Waals surface area (Å²) in [4.78, 5) is 0. The highest BCUT2D eigenvalue weighted by Gasteiger charge is 2.29. The first-order valence-electron chi connectivity index (χ1n) is 7.88. The first kappa shape index (κ1) is 16.7. The fraction of sp³-hybridized carbons (Fsp3) is 0.500. The molecule has 1 atom stereocenters. The van der Waals surface area contributed by atoms with E-state index in [2.05, 4.69) is 50.2 Å². The zero-order valence-corrected chi connectivity index (χ0v) is 14.0. The monoisotopic (exact) mass is 301 g/mol. The molecule has 1 unspecified atom stereocenters. The summed E-state index contributed by atoms with van der Waals surface area (Å²) in [6.07, 6.45) is 3.41. The molecule has 22 heavy (non-hydrogen) atoms. The van der Waals surface area contributed by atoms with Crippen molar-refractivity contribution < 1.29 is 5.11 Å². The van der Waals surface area contributed by atoms with Crippen molar-refractivity contribution in [3.8, 4) is 5.69 Å². The Morgan fingerprint density at radius 2 is 2.05 bits per heavy atom. The van der Waals surface area contributed by atoms with Crippen LogP contribution in [0.15, 0.2) is 42.7 Å². The third-order valence-corrected chi connectivity index (χ3v) is 4.02. The van der Waals surface area contributed by atoms with Crippen molar-refractivity contribution in [2.75, 3.05) is 6.54 Å². The normalized spacial score (nSPS) is 13.5. The van der Waals surface area contributed by atoms with Crippen LogP contribution in [-0.2, 0) is 6.54 Å². The molecule has 120 valence electrons. The van der Waals surface area contributed by atoms with Gasteiger partial charge in [0.1, 0.15) is 0 Å². The van der Waals surface area contributed by atoms with Gasteiger partial charge in [-0.25, -0.2) is 4.68 Å². The average molecular weight is 301 g/mol. The van der Waals surface area contributed by atoms with Gasteiger partial charge in [0.05, 0.1) is 11.8 Å². The molecule has 0 aliphatic heterocycles. The summed E-state index contributed by atoms with van der Waals surface area (Å²) in [6.45, 7) is 9.87. The summed E-state index contributed by atoms with van der Waals surface area (Å²) >= 11 is 0. The smallest absolute Gasteiger partial charge is 0.0648 e. The average Bonchev–Trinajstić information content (AvgIpc) is 3.00. The lowest BCUT2D eigenvalue weighted by Gasteiger charge is -2.33. The van der Waals surface area contributed by atoms with Gasteiger partial charge >= 0.3 is 0 Å². The second kappa shape index (κ2) is 7.07. The van der Waals surface area contributed by atoms with Gasteiger partial charge in [-0.2, -0.15) is 5.10 Å². The zero-order chi connectivity index (χ0) is 16.2. The number of hydrogen-bond donors (Lipinski definition) is 2. The molecule has 0 fully saturated rings. The summed E-state index contributed by atoms with van der Waals surface area (Å²) in [5.41, 5.74) is 2.13. The Morgan fingerprint density at radius 1 is 1.27 bits per heavy atom. The third-order valence-electron chi connectivity index (χ3n) is 4.02. The lowest BCUT2D eigenvalue weighted by Crippen LogP contribution is -2.41. The van der Waals surface area contributed by atoms with E-state index in [1.807, 2.05) is 29.1 Å². The van der Waals surface area contributed by atoms with Crippen molar-refractivity contribution in [3.63, 3.8) is 0 Å². The number of nitrogens with zero attached hydrogens (tertiary/aromatic N) is 2. The minimum absolute atomic E-state index is 0.145. The topological polar surface area (TPSA) is 50.1 Å². The van der Waals surface area contributed by atoms with E-state index in [1.54, 1.807) is 6.20 Å². The standard InChI is InChI=1S/C18H27N3O/c1-14(2)17(22)18(3,4)13-19-12-15-7-5-8-16(11-15)21-10-6-9-20-21/h5-11,14,17,19,22H,12-13H2,1-4H3. The van der Waals surface area contributed by atoms with E-state index in [-0.39, 0.29) is 17.4 Å². The van der Waals surface area contributed by atoms with E-state index in [4.69, 9.17) is 0 Å². The summed E-state index contributed by atoms with van der Waals surface area (Å²) < 4.78 is 1.86. The molecule has 4 heteroatoms. The molecule has 0 bridgehead atoms. The molecule has 4 nitrogen and oxygen atoms in total. The van der Waals surface area contributed by atoms with Crippen LogP contribution in [-0.4, -0.2) is 27.5 Å². The minimum atomic E-state index is -0.310. The molecule has 0 amide bonds. The van der Waals surface area contributed by atoms with Crippen molar-refractivity contribution in [1.82, 2.24) is 15.1 Å². The Balaban J connectivity index is 1.94. The summed E-state index contributed by atoms with van der Waals surface area (Å²) in [5.74, 6) is 0.264. The number of hydrogen-bond acceptors (Lipinski definition) is 3. The van der Waals surface area contributed by atoms with Gasteiger partial charge in [-0.15, -0.1) is 0 Å². The first-order chi connectivity index (χ1) is 10.4. The van der Waals surface area contributed by atoms with Crippen molar-refractivity contribution >= 4 is 0 Å². The van der Waals surface area contributed by atoms with Gasteiger partial charge in [0.2, 0.25) is 0 Å². The Morgan fingerprint density at radius 3 is 2.68 bits per heavy atom. The number of aliphatic hydroxyl groups is 1. The van der Waals surface area contributed by atoms with Crippen LogP contribution in [0.3, 0.4) is 0 Å². The molecule has 1 aromatic heterocycles. The number of nitrogens with one attached hydrogen (secondary N) is 1. The van der Waals surface area contributed by atoms with Gasteiger partial charge in [0, 0.05) is 30.9 Å². The largest absolute Gasteiger partial charge is 0.392 e. The number of aromatic nitrogens is 2. The van der Waals surface area contributed by atoms with Crippen LogP contribution in [0, 0.1) is 11.3 Å². The van der Waals surface area contributed by atoms with Crippen LogP contribution < -0.4 is 5.32 Å². The van der Waals surface area contributed by atoms with E-state index in [9.17, 15) is 5.11 Å². The molecule has 2 rings (SSSR count). The molecule has 1 aromatic carbocycles. The number of rotatable bonds is 7. The van der Waals surface area contributed by atoms with E-state index < -0.39 is 0 Å². The molecule has 0 saturated heterocycles. The third kappa shape index (κ3) is 4.18. The maximum absolute atomic E-state index is 10.3. The predicted molar refractivity (Wildman–Crippen MR) is 89.9 cm³/mol. The highest BCUT2D eigenvalue weighted by Crippen LogP contribution is 2.25. The zero-order valence-electron chi connectivity index (χ0n) is 14.0. The molecule has 0 spiro atoms.